The van der Waals surface area contributed by atoms with Crippen LogP contribution in [0.5, 0.6) is 0 Å². The van der Waals surface area contributed by atoms with Crippen molar-refractivity contribution in [3.63, 3.8) is 0 Å². The third-order valence-electron chi connectivity index (χ3n) is 9.16. The third kappa shape index (κ3) is 43.1. The molecule has 0 fully saturated rings. The number of carbonyl (C=O) groups excluding carboxylic acids is 1. The smallest absolute Gasteiger partial charge is 0.472 e. The van der Waals surface area contributed by atoms with Crippen LogP contribution in [0.4, 0.5) is 0 Å². The zero-order chi connectivity index (χ0) is 43.3. The van der Waals surface area contributed by atoms with Gasteiger partial charge in [0.2, 0.25) is 0 Å². The molecule has 0 saturated carbocycles. The average Bonchev–Trinajstić information content (AvgIpc) is 3.21. The third-order valence-corrected chi connectivity index (χ3v) is 10.1. The zero-order valence-electron chi connectivity index (χ0n) is 36.8. The highest BCUT2D eigenvalue weighted by molar-refractivity contribution is 7.47. The van der Waals surface area contributed by atoms with Gasteiger partial charge in [-0.15, -0.1) is 0 Å². The molecule has 0 heterocycles. The molecule has 0 aromatic carbocycles. The molecule has 0 saturated heterocycles. The first kappa shape index (κ1) is 56.1. The van der Waals surface area contributed by atoms with E-state index in [0.717, 1.165) is 109 Å². The van der Waals surface area contributed by atoms with Gasteiger partial charge >= 0.3 is 19.8 Å². The van der Waals surface area contributed by atoms with Crippen LogP contribution >= 0.6 is 7.82 Å². The largest absolute Gasteiger partial charge is 0.480 e. The van der Waals surface area contributed by atoms with Gasteiger partial charge in [0, 0.05) is 13.0 Å². The van der Waals surface area contributed by atoms with Gasteiger partial charge in [-0.3, -0.25) is 18.6 Å². The number of phosphoric acid groups is 1. The molecule has 59 heavy (non-hydrogen) atoms. The van der Waals surface area contributed by atoms with E-state index in [4.69, 9.17) is 29.4 Å². The van der Waals surface area contributed by atoms with Crippen LogP contribution in [0.25, 0.3) is 0 Å². The molecule has 0 aliphatic heterocycles. The number of aliphatic carboxylic acids is 1. The van der Waals surface area contributed by atoms with E-state index in [2.05, 4.69) is 98.9 Å². The summed E-state index contributed by atoms with van der Waals surface area (Å²) in [6.45, 7) is 3.67. The SMILES string of the molecule is CC/C=C\C/C=C\C/C=C\C/C=C\C/C=C\CCCCCCCCOCC(COP(=O)(O)OCC(N)C(=O)O)OC(=O)CCCCCCC/C=C\C/C=C\CCCCC. The van der Waals surface area contributed by atoms with E-state index in [0.29, 0.717) is 13.0 Å². The van der Waals surface area contributed by atoms with Crippen LogP contribution in [0.3, 0.4) is 0 Å². The molecule has 10 nitrogen and oxygen atoms in total. The first-order valence-electron chi connectivity index (χ1n) is 22.6. The Kier molecular flexibility index (Phi) is 41.2. The number of carbonyl (C=O) groups is 2. The molecule has 0 aromatic heterocycles. The summed E-state index contributed by atoms with van der Waals surface area (Å²) in [4.78, 5) is 33.6. The number of esters is 1. The maximum absolute atomic E-state index is 12.6. The number of allylic oxidation sites excluding steroid dienone is 14. The minimum Gasteiger partial charge on any atom is -0.480 e. The topological polar surface area (TPSA) is 155 Å². The van der Waals surface area contributed by atoms with Gasteiger partial charge in [0.25, 0.3) is 0 Å². The summed E-state index contributed by atoms with van der Waals surface area (Å²) in [5.41, 5.74) is 5.36. The van der Waals surface area contributed by atoms with Gasteiger partial charge in [0.05, 0.1) is 19.8 Å². The van der Waals surface area contributed by atoms with Crippen LogP contribution in [0.15, 0.2) is 85.1 Å². The number of hydrogen-bond donors (Lipinski definition) is 3. The van der Waals surface area contributed by atoms with Gasteiger partial charge in [-0.2, -0.15) is 0 Å². The van der Waals surface area contributed by atoms with Crippen molar-refractivity contribution in [1.29, 1.82) is 0 Å². The second kappa shape index (κ2) is 43.2. The molecule has 0 rings (SSSR count). The van der Waals surface area contributed by atoms with E-state index >= 15 is 0 Å². The van der Waals surface area contributed by atoms with Crippen LogP contribution in [0.2, 0.25) is 0 Å². The van der Waals surface area contributed by atoms with Gasteiger partial charge in [-0.05, 0) is 89.9 Å². The summed E-state index contributed by atoms with van der Waals surface area (Å²) in [5.74, 6) is -1.81. The summed E-state index contributed by atoms with van der Waals surface area (Å²) in [6.07, 6.45) is 54.9. The second-order valence-electron chi connectivity index (χ2n) is 14.8. The monoisotopic (exact) mass is 848 g/mol. The van der Waals surface area contributed by atoms with Crippen LogP contribution in [0, 0.1) is 0 Å². The highest BCUT2D eigenvalue weighted by Crippen LogP contribution is 2.43. The van der Waals surface area contributed by atoms with Crippen LogP contribution in [-0.2, 0) is 32.7 Å². The fourth-order valence-corrected chi connectivity index (χ4v) is 6.44. The first-order valence-corrected chi connectivity index (χ1v) is 24.1. The molecule has 0 aliphatic rings. The van der Waals surface area contributed by atoms with Gasteiger partial charge in [0.1, 0.15) is 12.1 Å². The molecule has 338 valence electrons. The maximum Gasteiger partial charge on any atom is 0.472 e. The fraction of sp³-hybridized carbons (Fsp3) is 0.667. The summed E-state index contributed by atoms with van der Waals surface area (Å²) < 4.78 is 33.4. The normalized spacial score (nSPS) is 14.6. The second-order valence-corrected chi connectivity index (χ2v) is 16.2. The predicted octanol–water partition coefficient (Wildman–Crippen LogP) is 12.8. The van der Waals surface area contributed by atoms with E-state index in [1.807, 2.05) is 0 Å². The standard InChI is InChI=1S/C48H82NO9P/c1-3-5-7-9-11-13-15-17-19-20-21-22-23-24-25-27-29-31-33-35-37-39-41-55-42-45(43-56-59(53,54)57-44-46(49)48(51)52)58-47(50)40-38-36-34-32-30-28-26-18-16-14-12-10-8-6-4-2/h5,7,11-14,17-19,21-22,24-26,45-46H,3-4,6,8-10,15-16,20,23,27-44,49H2,1-2H3,(H,51,52)(H,53,54)/b7-5-,13-11-,14-12-,19-17-,22-21-,25-24-,26-18-. The molecule has 4 N–H and O–H groups in total. The van der Waals surface area contributed by atoms with Crippen molar-refractivity contribution in [3.05, 3.63) is 85.1 Å². The molecule has 0 bridgehead atoms. The Labute approximate surface area is 358 Å². The molecule has 3 unspecified atom stereocenters. The van der Waals surface area contributed by atoms with Crippen LogP contribution in [-0.4, -0.2) is 60.5 Å². The summed E-state index contributed by atoms with van der Waals surface area (Å²) >= 11 is 0. The number of carboxylic acid groups (broad SMARTS) is 1. The Morgan fingerprint density at radius 3 is 1.47 bits per heavy atom. The number of rotatable bonds is 42. The van der Waals surface area contributed by atoms with Gasteiger partial charge < -0.3 is 25.2 Å². The van der Waals surface area contributed by atoms with Crippen molar-refractivity contribution in [2.45, 2.75) is 180 Å². The van der Waals surface area contributed by atoms with Crippen molar-refractivity contribution in [3.8, 4) is 0 Å². The molecular weight excluding hydrogens is 765 g/mol. The number of ether oxygens (including phenoxy) is 2. The fourth-order valence-electron chi connectivity index (χ4n) is 5.66. The lowest BCUT2D eigenvalue weighted by Crippen LogP contribution is -2.34. The van der Waals surface area contributed by atoms with Crippen molar-refractivity contribution in [2.75, 3.05) is 26.4 Å². The Balaban J connectivity index is 4.28. The molecular formula is C48H82NO9P. The Morgan fingerprint density at radius 2 is 0.983 bits per heavy atom. The van der Waals surface area contributed by atoms with E-state index < -0.39 is 45.1 Å². The predicted molar refractivity (Wildman–Crippen MR) is 244 cm³/mol. The van der Waals surface area contributed by atoms with E-state index in [9.17, 15) is 19.0 Å². The average molecular weight is 848 g/mol. The zero-order valence-corrected chi connectivity index (χ0v) is 37.7. The minimum absolute atomic E-state index is 0.00417. The molecule has 0 aliphatic carbocycles. The Bertz CT molecular complexity index is 1260. The molecule has 3 atom stereocenters. The number of nitrogens with two attached hydrogens (primary N) is 1. The molecule has 11 heteroatoms. The maximum atomic E-state index is 12.6. The Hall–Kier alpha value is -2.85. The van der Waals surface area contributed by atoms with Crippen molar-refractivity contribution >= 4 is 19.8 Å². The lowest BCUT2D eigenvalue weighted by Gasteiger charge is -2.20. The summed E-state index contributed by atoms with van der Waals surface area (Å²) in [7, 11) is -4.63. The molecule has 0 amide bonds. The molecule has 0 radical (unpaired) electrons. The van der Waals surface area contributed by atoms with Crippen molar-refractivity contribution in [2.24, 2.45) is 5.73 Å². The van der Waals surface area contributed by atoms with E-state index in [1.165, 1.54) is 32.1 Å². The van der Waals surface area contributed by atoms with Crippen LogP contribution < -0.4 is 5.73 Å². The number of phosphoric ester groups is 1. The van der Waals surface area contributed by atoms with Crippen molar-refractivity contribution < 1.29 is 42.7 Å². The minimum atomic E-state index is -4.63. The van der Waals surface area contributed by atoms with E-state index in [-0.39, 0.29) is 13.0 Å². The summed E-state index contributed by atoms with van der Waals surface area (Å²) in [5, 5.41) is 8.90. The summed E-state index contributed by atoms with van der Waals surface area (Å²) in [6, 6.07) is -1.48. The van der Waals surface area contributed by atoms with Crippen LogP contribution in [0.1, 0.15) is 168 Å². The Morgan fingerprint density at radius 1 is 0.559 bits per heavy atom. The first-order chi connectivity index (χ1) is 28.7. The number of unbranched alkanes of at least 4 members (excludes halogenated alkanes) is 14. The highest BCUT2D eigenvalue weighted by atomic mass is 31.2. The quantitative estimate of drug-likeness (QED) is 0.0234. The number of hydrogen-bond acceptors (Lipinski definition) is 8. The lowest BCUT2D eigenvalue weighted by atomic mass is 10.1. The van der Waals surface area contributed by atoms with Gasteiger partial charge in [-0.1, -0.05) is 157 Å². The van der Waals surface area contributed by atoms with Gasteiger partial charge in [0.15, 0.2) is 0 Å². The molecule has 0 spiro atoms. The molecule has 0 aromatic rings. The van der Waals surface area contributed by atoms with E-state index in [1.54, 1.807) is 0 Å². The van der Waals surface area contributed by atoms with Crippen molar-refractivity contribution in [1.82, 2.24) is 0 Å². The van der Waals surface area contributed by atoms with Gasteiger partial charge in [-0.25, -0.2) is 4.57 Å². The highest BCUT2D eigenvalue weighted by Gasteiger charge is 2.27. The lowest BCUT2D eigenvalue weighted by molar-refractivity contribution is -0.154. The number of carboxylic acids is 1.